The molecule has 0 aliphatic carbocycles. The molecule has 4 rings (SSSR count). The van der Waals surface area contributed by atoms with Crippen LogP contribution >= 0.6 is 0 Å². The highest BCUT2D eigenvalue weighted by Gasteiger charge is 1.93. The standard InChI is InChI=1S/2C11H16O.C10H14O2.C9H12.C2H6O2/c2*1-3-8-12-9-11-6-4-10(2)5-7-11;1-9-2-4-10(5-3-9)8-12-7-6-11;1-3-9-6-4-8(2)5-7-9;3-1-2-4/h2*4-7H,3,8-9H2,1-2H3;2-5,11H,6-8H2,1H3;4-7H,3H2,1-2H3;3-4H,1-2H2. The Kier molecular flexibility index (Phi) is 29.7. The number of hydrogen-bond donors (Lipinski definition) is 3. The Labute approximate surface area is 297 Å². The van der Waals surface area contributed by atoms with Crippen LogP contribution in [0.3, 0.4) is 0 Å². The van der Waals surface area contributed by atoms with Crippen LogP contribution < -0.4 is 0 Å². The molecular weight excluding hydrogens is 612 g/mol. The molecule has 0 saturated carbocycles. The van der Waals surface area contributed by atoms with Crippen molar-refractivity contribution in [3.63, 3.8) is 0 Å². The Balaban J connectivity index is 0.000000607. The largest absolute Gasteiger partial charge is 0.394 e. The van der Waals surface area contributed by atoms with Gasteiger partial charge in [0.25, 0.3) is 0 Å². The van der Waals surface area contributed by atoms with E-state index in [0.29, 0.717) is 13.2 Å². The molecule has 272 valence electrons. The Morgan fingerprint density at radius 2 is 0.633 bits per heavy atom. The lowest BCUT2D eigenvalue weighted by Gasteiger charge is -2.02. The van der Waals surface area contributed by atoms with Gasteiger partial charge in [0.1, 0.15) is 0 Å². The summed E-state index contributed by atoms with van der Waals surface area (Å²) in [6.07, 6.45) is 3.32. The fourth-order valence-corrected chi connectivity index (χ4v) is 3.80. The van der Waals surface area contributed by atoms with Crippen molar-refractivity contribution in [2.45, 2.75) is 87.5 Å². The molecular formula is C43H64O6. The van der Waals surface area contributed by atoms with Crippen LogP contribution in [0.1, 0.15) is 78.1 Å². The van der Waals surface area contributed by atoms with Gasteiger partial charge in [-0.15, -0.1) is 0 Å². The monoisotopic (exact) mass is 676 g/mol. The second-order valence-corrected chi connectivity index (χ2v) is 11.6. The van der Waals surface area contributed by atoms with E-state index < -0.39 is 0 Å². The number of rotatable bonds is 14. The molecule has 0 aliphatic heterocycles. The zero-order valence-corrected chi connectivity index (χ0v) is 31.3. The van der Waals surface area contributed by atoms with Gasteiger partial charge in [0.05, 0.1) is 46.2 Å². The van der Waals surface area contributed by atoms with E-state index in [1.54, 1.807) is 0 Å². The highest BCUT2D eigenvalue weighted by molar-refractivity contribution is 5.22. The normalized spacial score (nSPS) is 9.84. The molecule has 4 aromatic carbocycles. The number of benzene rings is 4. The average Bonchev–Trinajstić information content (AvgIpc) is 3.12. The van der Waals surface area contributed by atoms with Crippen molar-refractivity contribution in [1.82, 2.24) is 0 Å². The van der Waals surface area contributed by atoms with Gasteiger partial charge >= 0.3 is 0 Å². The van der Waals surface area contributed by atoms with Crippen molar-refractivity contribution in [2.75, 3.05) is 39.6 Å². The minimum absolute atomic E-state index is 0.0891. The molecule has 0 fully saturated rings. The molecule has 0 heterocycles. The first-order valence-corrected chi connectivity index (χ1v) is 17.5. The van der Waals surface area contributed by atoms with Crippen molar-refractivity contribution in [3.05, 3.63) is 142 Å². The van der Waals surface area contributed by atoms with Gasteiger partial charge in [0, 0.05) is 13.2 Å². The predicted octanol–water partition coefficient (Wildman–Crippen LogP) is 8.88. The first-order chi connectivity index (χ1) is 23.7. The number of aliphatic hydroxyl groups is 3. The summed E-state index contributed by atoms with van der Waals surface area (Å²) in [5.74, 6) is 0. The molecule has 3 N–H and O–H groups in total. The Morgan fingerprint density at radius 1 is 0.367 bits per heavy atom. The van der Waals surface area contributed by atoms with Crippen LogP contribution in [0.25, 0.3) is 0 Å². The van der Waals surface area contributed by atoms with Crippen LogP contribution in [0.5, 0.6) is 0 Å². The molecule has 4 aromatic rings. The van der Waals surface area contributed by atoms with E-state index in [4.69, 9.17) is 29.5 Å². The van der Waals surface area contributed by atoms with Crippen LogP contribution in [0.4, 0.5) is 0 Å². The van der Waals surface area contributed by atoms with Gasteiger partial charge in [-0.1, -0.05) is 140 Å². The molecule has 0 radical (unpaired) electrons. The Morgan fingerprint density at radius 3 is 0.857 bits per heavy atom. The summed E-state index contributed by atoms with van der Waals surface area (Å²) >= 11 is 0. The number of aryl methyl sites for hydroxylation is 5. The van der Waals surface area contributed by atoms with Crippen molar-refractivity contribution in [2.24, 2.45) is 0 Å². The molecule has 0 aliphatic rings. The first-order valence-electron chi connectivity index (χ1n) is 17.5. The van der Waals surface area contributed by atoms with Crippen LogP contribution in [-0.4, -0.2) is 55.0 Å². The third-order valence-corrected chi connectivity index (χ3v) is 6.73. The molecule has 49 heavy (non-hydrogen) atoms. The SMILES string of the molecule is CCCOCc1ccc(C)cc1.CCCOCc1ccc(C)cc1.CCc1ccc(C)cc1.Cc1ccc(COCCO)cc1.OCCO. The van der Waals surface area contributed by atoms with Gasteiger partial charge < -0.3 is 29.5 Å². The quantitative estimate of drug-likeness (QED) is 0.116. The molecule has 0 unspecified atom stereocenters. The minimum Gasteiger partial charge on any atom is -0.394 e. The second kappa shape index (κ2) is 31.9. The van der Waals surface area contributed by atoms with E-state index in [0.717, 1.165) is 51.3 Å². The zero-order chi connectivity index (χ0) is 36.5. The van der Waals surface area contributed by atoms with E-state index >= 15 is 0 Å². The van der Waals surface area contributed by atoms with E-state index in [2.05, 4.69) is 133 Å². The van der Waals surface area contributed by atoms with Crippen molar-refractivity contribution in [3.8, 4) is 0 Å². The molecule has 6 nitrogen and oxygen atoms in total. The molecule has 0 atom stereocenters. The maximum atomic E-state index is 8.46. The number of hydrogen-bond acceptors (Lipinski definition) is 6. The summed E-state index contributed by atoms with van der Waals surface area (Å²) in [5.41, 5.74) is 10.3. The third-order valence-electron chi connectivity index (χ3n) is 6.73. The highest BCUT2D eigenvalue weighted by Crippen LogP contribution is 2.06. The molecule has 0 spiro atoms. The summed E-state index contributed by atoms with van der Waals surface area (Å²) in [6, 6.07) is 33.8. The van der Waals surface area contributed by atoms with Crippen molar-refractivity contribution < 1.29 is 29.5 Å². The van der Waals surface area contributed by atoms with E-state index in [9.17, 15) is 0 Å². The first kappa shape index (κ1) is 45.6. The van der Waals surface area contributed by atoms with Gasteiger partial charge in [-0.3, -0.25) is 0 Å². The van der Waals surface area contributed by atoms with E-state index in [1.807, 2.05) is 12.1 Å². The van der Waals surface area contributed by atoms with Gasteiger partial charge in [0.2, 0.25) is 0 Å². The number of aliphatic hydroxyl groups excluding tert-OH is 3. The Bertz CT molecular complexity index is 1130. The van der Waals surface area contributed by atoms with Gasteiger partial charge in [-0.05, 0) is 69.2 Å². The molecule has 0 saturated heterocycles. The lowest BCUT2D eigenvalue weighted by Crippen LogP contribution is -1.98. The molecule has 0 aromatic heterocycles. The summed E-state index contributed by atoms with van der Waals surface area (Å²) in [4.78, 5) is 0. The lowest BCUT2D eigenvalue weighted by molar-refractivity contribution is 0.0815. The topological polar surface area (TPSA) is 88.4 Å². The average molecular weight is 677 g/mol. The number of ether oxygens (including phenoxy) is 3. The fourth-order valence-electron chi connectivity index (χ4n) is 3.80. The molecule has 6 heteroatoms. The van der Waals surface area contributed by atoms with Gasteiger partial charge in [-0.2, -0.15) is 0 Å². The van der Waals surface area contributed by atoms with Gasteiger partial charge in [0.15, 0.2) is 0 Å². The maximum absolute atomic E-state index is 8.46. The minimum atomic E-state index is -0.125. The zero-order valence-electron chi connectivity index (χ0n) is 31.3. The van der Waals surface area contributed by atoms with Crippen LogP contribution in [-0.2, 0) is 40.5 Å². The van der Waals surface area contributed by atoms with E-state index in [-0.39, 0.29) is 19.8 Å². The molecule has 0 amide bonds. The van der Waals surface area contributed by atoms with Crippen LogP contribution in [0.15, 0.2) is 97.1 Å². The molecule has 0 bridgehead atoms. The second-order valence-electron chi connectivity index (χ2n) is 11.6. The highest BCUT2D eigenvalue weighted by atomic mass is 16.5. The predicted molar refractivity (Wildman–Crippen MR) is 205 cm³/mol. The Hall–Kier alpha value is -3.36. The van der Waals surface area contributed by atoms with Crippen LogP contribution in [0.2, 0.25) is 0 Å². The van der Waals surface area contributed by atoms with Gasteiger partial charge in [-0.25, -0.2) is 0 Å². The lowest BCUT2D eigenvalue weighted by atomic mass is 10.1. The summed E-state index contributed by atoms with van der Waals surface area (Å²) in [6.45, 7) is 18.8. The smallest absolute Gasteiger partial charge is 0.0718 e. The summed E-state index contributed by atoms with van der Waals surface area (Å²) in [7, 11) is 0. The third kappa shape index (κ3) is 27.2. The maximum Gasteiger partial charge on any atom is 0.0718 e. The van der Waals surface area contributed by atoms with Crippen molar-refractivity contribution in [1.29, 1.82) is 0 Å². The van der Waals surface area contributed by atoms with E-state index in [1.165, 1.54) is 38.9 Å². The summed E-state index contributed by atoms with van der Waals surface area (Å²) in [5, 5.41) is 23.7. The van der Waals surface area contributed by atoms with Crippen molar-refractivity contribution >= 4 is 0 Å². The van der Waals surface area contributed by atoms with Crippen LogP contribution in [0, 0.1) is 27.7 Å². The summed E-state index contributed by atoms with van der Waals surface area (Å²) < 4.78 is 16.0. The fraction of sp³-hybridized carbons (Fsp3) is 0.442.